The second-order valence-electron chi connectivity index (χ2n) is 11.9. The highest BCUT2D eigenvalue weighted by Gasteiger charge is 2.34. The molecule has 2 aromatic carbocycles. The Balaban J connectivity index is 0.000000455. The molecule has 0 amide bonds. The lowest BCUT2D eigenvalue weighted by Crippen LogP contribution is -2.42. The van der Waals surface area contributed by atoms with Gasteiger partial charge in [-0.05, 0) is 43.2 Å². The van der Waals surface area contributed by atoms with Gasteiger partial charge in [0.05, 0.1) is 24.6 Å². The first kappa shape index (κ1) is 40.8. The van der Waals surface area contributed by atoms with Gasteiger partial charge in [0.1, 0.15) is 0 Å². The van der Waals surface area contributed by atoms with Gasteiger partial charge in [0.2, 0.25) is 0 Å². The van der Waals surface area contributed by atoms with Gasteiger partial charge in [-0.15, -0.1) is 0 Å². The second kappa shape index (κ2) is 24.9. The summed E-state index contributed by atoms with van der Waals surface area (Å²) >= 11 is 0. The summed E-state index contributed by atoms with van der Waals surface area (Å²) in [7, 11) is -2.89. The van der Waals surface area contributed by atoms with Crippen molar-refractivity contribution in [3.8, 4) is 0 Å². The summed E-state index contributed by atoms with van der Waals surface area (Å²) in [5.41, 5.74) is 0.502. The van der Waals surface area contributed by atoms with Crippen molar-refractivity contribution in [3.63, 3.8) is 0 Å². The first-order valence-electron chi connectivity index (χ1n) is 17.1. The second-order valence-corrected chi connectivity index (χ2v) is 16.4. The van der Waals surface area contributed by atoms with Gasteiger partial charge in [-0.25, -0.2) is 9.59 Å². The van der Waals surface area contributed by atoms with E-state index in [4.69, 9.17) is 9.31 Å². The summed E-state index contributed by atoms with van der Waals surface area (Å²) in [4.78, 5) is 22.6. The standard InChI is InChI=1S/C20H44P.C16H14BO7/c1-5-9-13-14-15-16-20-21(17-10-6-2,18-11-7-3)19-12-8-4;18-15(19)13(11-7-3-1-4-8-11)23-17(22)24-14(16(20)21)12-9-5-2-6-10-12/h5-20H2,1-4H3;1-10,13-14H,(H,18,19)(H,20,21)/q+1;-1. The van der Waals surface area contributed by atoms with Crippen LogP contribution in [0.1, 0.15) is 128 Å². The molecule has 0 saturated heterocycles. The molecular formula is C36H58BO7P. The van der Waals surface area contributed by atoms with Crippen LogP contribution in [-0.2, 0) is 18.9 Å². The summed E-state index contributed by atoms with van der Waals surface area (Å²) in [6, 6.07) is 15.7. The topological polar surface area (TPSA) is 116 Å². The Morgan fingerprint density at radius 2 is 0.933 bits per heavy atom. The molecule has 0 spiro atoms. The summed E-state index contributed by atoms with van der Waals surface area (Å²) in [5.74, 6) is -2.76. The van der Waals surface area contributed by atoms with Crippen LogP contribution in [0.25, 0.3) is 0 Å². The van der Waals surface area contributed by atoms with Crippen molar-refractivity contribution in [3.05, 3.63) is 71.8 Å². The fraction of sp³-hybridized carbons (Fsp3) is 0.611. The average Bonchev–Trinajstić information content (AvgIpc) is 3.05. The number of carbonyl (C=O) groups is 2. The number of hydrogen-bond acceptors (Lipinski definition) is 5. The zero-order valence-electron chi connectivity index (χ0n) is 28.2. The molecule has 0 fully saturated rings. The normalized spacial score (nSPS) is 12.6. The van der Waals surface area contributed by atoms with E-state index in [-0.39, 0.29) is 11.1 Å². The molecule has 0 aliphatic carbocycles. The lowest BCUT2D eigenvalue weighted by Gasteiger charge is -2.28. The van der Waals surface area contributed by atoms with Crippen molar-refractivity contribution in [2.75, 3.05) is 24.6 Å². The maximum Gasteiger partial charge on any atom is 0.347 e. The van der Waals surface area contributed by atoms with Gasteiger partial charge in [0, 0.05) is 7.26 Å². The Kier molecular flexibility index (Phi) is 22.6. The van der Waals surface area contributed by atoms with E-state index >= 15 is 0 Å². The minimum Gasteiger partial charge on any atom is -0.832 e. The van der Waals surface area contributed by atoms with E-state index in [1.165, 1.54) is 101 Å². The van der Waals surface area contributed by atoms with Crippen LogP contribution in [0.3, 0.4) is 0 Å². The molecule has 252 valence electrons. The average molecular weight is 645 g/mol. The third-order valence-corrected chi connectivity index (χ3v) is 13.2. The van der Waals surface area contributed by atoms with Crippen LogP contribution in [0.2, 0.25) is 0 Å². The zero-order valence-corrected chi connectivity index (χ0v) is 29.1. The van der Waals surface area contributed by atoms with Gasteiger partial charge in [0.25, 0.3) is 0 Å². The van der Waals surface area contributed by atoms with Crippen LogP contribution in [0, 0.1) is 0 Å². The number of carboxylic acid groups (broad SMARTS) is 2. The van der Waals surface area contributed by atoms with Gasteiger partial charge >= 0.3 is 19.3 Å². The Bertz CT molecular complexity index is 943. The van der Waals surface area contributed by atoms with Crippen molar-refractivity contribution >= 4 is 26.5 Å². The number of carboxylic acids is 2. The molecule has 2 rings (SSSR count). The molecule has 2 N–H and O–H groups in total. The Labute approximate surface area is 273 Å². The smallest absolute Gasteiger partial charge is 0.347 e. The lowest BCUT2D eigenvalue weighted by atomic mass is 10.1. The zero-order chi connectivity index (χ0) is 33.3. The molecule has 0 aromatic heterocycles. The molecule has 2 aromatic rings. The molecule has 0 aliphatic rings. The molecule has 2 unspecified atom stereocenters. The highest BCUT2D eigenvalue weighted by Crippen LogP contribution is 2.61. The first-order valence-corrected chi connectivity index (χ1v) is 19.6. The van der Waals surface area contributed by atoms with Crippen LogP contribution < -0.4 is 5.02 Å². The van der Waals surface area contributed by atoms with Crippen molar-refractivity contribution in [2.24, 2.45) is 0 Å². The molecule has 0 bridgehead atoms. The fourth-order valence-electron chi connectivity index (χ4n) is 5.45. The van der Waals surface area contributed by atoms with E-state index in [2.05, 4.69) is 27.7 Å². The third kappa shape index (κ3) is 17.3. The SMILES string of the molecule is CCCCCCCC[P+](CCCC)(CCCC)CCCC.O=C(O)C(OB([O-])OC(C(=O)O)c1ccccc1)c1ccccc1. The molecule has 0 saturated carbocycles. The highest BCUT2D eigenvalue weighted by molar-refractivity contribution is 7.75. The maximum atomic E-state index is 11.9. The highest BCUT2D eigenvalue weighted by atomic mass is 31.2. The van der Waals surface area contributed by atoms with Crippen LogP contribution in [0.4, 0.5) is 0 Å². The number of hydrogen-bond donors (Lipinski definition) is 2. The van der Waals surface area contributed by atoms with Crippen molar-refractivity contribution < 1.29 is 34.1 Å². The monoisotopic (exact) mass is 644 g/mol. The molecule has 7 nitrogen and oxygen atoms in total. The van der Waals surface area contributed by atoms with E-state index < -0.39 is 38.7 Å². The quantitative estimate of drug-likeness (QED) is 0.0667. The van der Waals surface area contributed by atoms with Crippen molar-refractivity contribution in [1.82, 2.24) is 0 Å². The molecule has 45 heavy (non-hydrogen) atoms. The van der Waals surface area contributed by atoms with Crippen LogP contribution in [-0.4, -0.2) is 54.1 Å². The molecule has 0 aliphatic heterocycles. The van der Waals surface area contributed by atoms with E-state index in [9.17, 15) is 24.8 Å². The van der Waals surface area contributed by atoms with Crippen LogP contribution in [0.5, 0.6) is 0 Å². The van der Waals surface area contributed by atoms with Gasteiger partial charge in [0.15, 0.2) is 12.2 Å². The van der Waals surface area contributed by atoms with E-state index in [0.717, 1.165) is 0 Å². The maximum absolute atomic E-state index is 11.9. The number of unbranched alkanes of at least 4 members (excludes halogenated alkanes) is 8. The number of rotatable bonds is 24. The van der Waals surface area contributed by atoms with Crippen LogP contribution in [0.15, 0.2) is 60.7 Å². The van der Waals surface area contributed by atoms with Crippen molar-refractivity contribution in [2.45, 2.75) is 117 Å². The largest absolute Gasteiger partial charge is 0.832 e. The Hall–Kier alpha value is -2.25. The Morgan fingerprint density at radius 1 is 0.600 bits per heavy atom. The fourth-order valence-corrected chi connectivity index (χ4v) is 10.6. The van der Waals surface area contributed by atoms with Gasteiger partial charge in [-0.1, -0.05) is 133 Å². The van der Waals surface area contributed by atoms with E-state index in [1.807, 2.05) is 0 Å². The van der Waals surface area contributed by atoms with Gasteiger partial charge in [-0.3, -0.25) is 0 Å². The predicted molar refractivity (Wildman–Crippen MR) is 186 cm³/mol. The molecular weight excluding hydrogens is 586 g/mol. The van der Waals surface area contributed by atoms with E-state index in [0.29, 0.717) is 0 Å². The number of aliphatic carboxylic acids is 2. The number of benzene rings is 2. The summed E-state index contributed by atoms with van der Waals surface area (Å²) in [5, 5.41) is 30.3. The lowest BCUT2D eigenvalue weighted by molar-refractivity contribution is -0.266. The minimum absolute atomic E-state index is 0.251. The Morgan fingerprint density at radius 3 is 1.29 bits per heavy atom. The first-order chi connectivity index (χ1) is 21.7. The summed E-state index contributed by atoms with van der Waals surface area (Å²) in [6.45, 7) is 9.44. The van der Waals surface area contributed by atoms with Gasteiger partial charge < -0.3 is 24.5 Å². The molecule has 9 heteroatoms. The van der Waals surface area contributed by atoms with E-state index in [1.54, 1.807) is 61.0 Å². The predicted octanol–water partition coefficient (Wildman–Crippen LogP) is 8.78. The minimum atomic E-state index is -2.28. The third-order valence-electron chi connectivity index (χ3n) is 8.09. The van der Waals surface area contributed by atoms with Crippen LogP contribution >= 0.6 is 7.26 Å². The summed E-state index contributed by atoms with van der Waals surface area (Å²) < 4.78 is 9.72. The van der Waals surface area contributed by atoms with Crippen molar-refractivity contribution in [1.29, 1.82) is 0 Å². The molecule has 0 heterocycles. The molecule has 2 atom stereocenters. The summed E-state index contributed by atoms with van der Waals surface area (Å²) in [6.07, 6.45) is 20.9. The molecule has 0 radical (unpaired) electrons. The van der Waals surface area contributed by atoms with Gasteiger partial charge in [-0.2, -0.15) is 0 Å².